The lowest BCUT2D eigenvalue weighted by molar-refractivity contribution is 1.09. The van der Waals surface area contributed by atoms with Gasteiger partial charge in [0.05, 0.1) is 61.2 Å². The molecule has 72 heavy (non-hydrogen) atoms. The lowest BCUT2D eigenvalue weighted by atomic mass is 9.88. The molecule has 0 aliphatic heterocycles. The average Bonchev–Trinajstić information content (AvgIpc) is 4.18. The number of aromatic nitrogens is 4. The average molecular weight is 916 g/mol. The number of fused-ring (bicyclic) bond motifs is 13. The smallest absolute Gasteiger partial charge is 0.104 e. The molecule has 4 heterocycles. The Morgan fingerprint density at radius 1 is 0.264 bits per heavy atom. The fourth-order valence-corrected chi connectivity index (χ4v) is 12.2. The Bertz CT molecular complexity index is 4450. The highest BCUT2D eigenvalue weighted by molar-refractivity contribution is 6.27. The minimum Gasteiger partial charge on any atom is -0.309 e. The summed E-state index contributed by atoms with van der Waals surface area (Å²) in [5, 5.41) is 21.6. The van der Waals surface area contributed by atoms with Crippen molar-refractivity contribution in [1.29, 1.82) is 5.26 Å². The van der Waals surface area contributed by atoms with Gasteiger partial charge in [-0.2, -0.15) is 5.26 Å². The largest absolute Gasteiger partial charge is 0.309 e. The van der Waals surface area contributed by atoms with Gasteiger partial charge in [0.2, 0.25) is 0 Å². The second kappa shape index (κ2) is 15.6. The zero-order valence-corrected chi connectivity index (χ0v) is 38.9. The molecular formula is C67H41N5. The van der Waals surface area contributed by atoms with Gasteiger partial charge in [-0.3, -0.25) is 0 Å². The molecule has 0 atom stereocenters. The molecule has 0 bridgehead atoms. The van der Waals surface area contributed by atoms with Crippen LogP contribution >= 0.6 is 0 Å². The predicted octanol–water partition coefficient (Wildman–Crippen LogP) is 17.3. The van der Waals surface area contributed by atoms with Crippen molar-refractivity contribution < 1.29 is 0 Å². The molecule has 0 amide bonds. The molecule has 0 saturated heterocycles. The third kappa shape index (κ3) is 5.52. The Morgan fingerprint density at radius 3 is 1.04 bits per heavy atom. The minimum atomic E-state index is 0.570. The fourth-order valence-electron chi connectivity index (χ4n) is 12.2. The Morgan fingerprint density at radius 2 is 0.611 bits per heavy atom. The van der Waals surface area contributed by atoms with Crippen LogP contribution in [0.1, 0.15) is 5.56 Å². The van der Waals surface area contributed by atoms with Crippen molar-refractivity contribution in [2.24, 2.45) is 0 Å². The quantitative estimate of drug-likeness (QED) is 0.164. The topological polar surface area (TPSA) is 43.5 Å². The van der Waals surface area contributed by atoms with E-state index < -0.39 is 0 Å². The minimum absolute atomic E-state index is 0.570. The summed E-state index contributed by atoms with van der Waals surface area (Å²) in [6.07, 6.45) is 0. The first kappa shape index (κ1) is 40.0. The van der Waals surface area contributed by atoms with Crippen LogP contribution in [-0.4, -0.2) is 18.3 Å². The summed E-state index contributed by atoms with van der Waals surface area (Å²) >= 11 is 0. The van der Waals surface area contributed by atoms with Crippen LogP contribution in [0.25, 0.3) is 132 Å². The second-order valence-corrected chi connectivity index (χ2v) is 18.7. The molecule has 4 aromatic heterocycles. The SMILES string of the molecule is N#Cc1c(-n2c3ccccc3c3ccccc32)c(-c2ccccc2)c(-n2c3ccccc3c3ccc4c(c5ccccc5n4-c4ccccc4)c32)c(-c2ccccc2)c1-n1c2ccccc2c2ccccc21. The van der Waals surface area contributed by atoms with E-state index in [9.17, 15) is 5.26 Å². The molecule has 5 heteroatoms. The number of hydrogen-bond donors (Lipinski definition) is 0. The van der Waals surface area contributed by atoms with Gasteiger partial charge in [-0.1, -0.05) is 194 Å². The van der Waals surface area contributed by atoms with Crippen molar-refractivity contribution >= 4 is 87.2 Å². The molecule has 15 rings (SSSR count). The first-order valence-corrected chi connectivity index (χ1v) is 24.5. The lowest BCUT2D eigenvalue weighted by Crippen LogP contribution is -2.13. The second-order valence-electron chi connectivity index (χ2n) is 18.7. The fraction of sp³-hybridized carbons (Fsp3) is 0. The van der Waals surface area contributed by atoms with Crippen LogP contribution in [0.2, 0.25) is 0 Å². The van der Waals surface area contributed by atoms with Crippen LogP contribution in [0.3, 0.4) is 0 Å². The first-order valence-electron chi connectivity index (χ1n) is 24.5. The number of benzene rings is 11. The number of rotatable bonds is 6. The van der Waals surface area contributed by atoms with Crippen LogP contribution in [0.15, 0.2) is 249 Å². The lowest BCUT2D eigenvalue weighted by Gasteiger charge is -2.28. The van der Waals surface area contributed by atoms with Gasteiger partial charge in [0.15, 0.2) is 0 Å². The monoisotopic (exact) mass is 915 g/mol. The molecule has 0 saturated carbocycles. The van der Waals surface area contributed by atoms with Crippen molar-refractivity contribution in [3.63, 3.8) is 0 Å². The summed E-state index contributed by atoms with van der Waals surface area (Å²) in [5.74, 6) is 0. The van der Waals surface area contributed by atoms with Crippen molar-refractivity contribution in [1.82, 2.24) is 18.3 Å². The van der Waals surface area contributed by atoms with E-state index in [1.807, 2.05) is 0 Å². The van der Waals surface area contributed by atoms with Gasteiger partial charge in [-0.25, -0.2) is 0 Å². The molecule has 0 unspecified atom stereocenters. The van der Waals surface area contributed by atoms with Crippen molar-refractivity contribution in [3.8, 4) is 51.1 Å². The standard InChI is InChI=1S/C67H41N5/c68-42-53-65(70-54-34-16-10-28-46(54)47-29-11-17-35-55(47)70)61(43-22-4-1-5-23-43)67(62(44-24-6-2-7-25-44)66(53)71-56-36-18-12-30-48(56)49-31-13-19-37-57(49)71)72-58-38-20-14-32-50(58)51-40-41-60-63(64(51)72)52-33-15-21-39-59(52)69(60)45-26-8-3-9-27-45/h1-41H. The first-order chi connectivity index (χ1) is 35.8. The highest BCUT2D eigenvalue weighted by Crippen LogP contribution is 2.53. The molecule has 0 aliphatic carbocycles. The summed E-state index contributed by atoms with van der Waals surface area (Å²) in [4.78, 5) is 0. The van der Waals surface area contributed by atoms with Gasteiger partial charge in [-0.15, -0.1) is 0 Å². The van der Waals surface area contributed by atoms with Gasteiger partial charge in [0, 0.05) is 59.9 Å². The normalized spacial score (nSPS) is 11.9. The zero-order valence-electron chi connectivity index (χ0n) is 38.9. The zero-order chi connectivity index (χ0) is 47.4. The van der Waals surface area contributed by atoms with Crippen LogP contribution < -0.4 is 0 Å². The van der Waals surface area contributed by atoms with Gasteiger partial charge in [-0.05, 0) is 65.7 Å². The van der Waals surface area contributed by atoms with E-state index in [-0.39, 0.29) is 0 Å². The van der Waals surface area contributed by atoms with Crippen LogP contribution in [0.5, 0.6) is 0 Å². The highest BCUT2D eigenvalue weighted by Gasteiger charge is 2.34. The van der Waals surface area contributed by atoms with Gasteiger partial charge in [0.1, 0.15) is 11.6 Å². The molecule has 15 aromatic rings. The maximum absolute atomic E-state index is 12.5. The molecule has 11 aromatic carbocycles. The van der Waals surface area contributed by atoms with Crippen molar-refractivity contribution in [3.05, 3.63) is 254 Å². The Hall–Kier alpha value is -9.89. The van der Waals surface area contributed by atoms with Crippen molar-refractivity contribution in [2.45, 2.75) is 0 Å². The Balaban J connectivity index is 1.29. The van der Waals surface area contributed by atoms with E-state index in [0.29, 0.717) is 5.56 Å². The van der Waals surface area contributed by atoms with E-state index >= 15 is 0 Å². The third-order valence-corrected chi connectivity index (χ3v) is 15.0. The number of nitrogens with zero attached hydrogens (tertiary/aromatic N) is 5. The third-order valence-electron chi connectivity index (χ3n) is 15.0. The van der Waals surface area contributed by atoms with E-state index in [1.54, 1.807) is 0 Å². The molecule has 0 aliphatic rings. The van der Waals surface area contributed by atoms with E-state index in [4.69, 9.17) is 0 Å². The number of para-hydroxylation sites is 7. The highest BCUT2D eigenvalue weighted by atomic mass is 15.1. The maximum Gasteiger partial charge on any atom is 0.104 e. The van der Waals surface area contributed by atoms with Crippen molar-refractivity contribution in [2.75, 3.05) is 0 Å². The number of hydrogen-bond acceptors (Lipinski definition) is 1. The summed E-state index contributed by atoms with van der Waals surface area (Å²) in [5.41, 5.74) is 16.7. The van der Waals surface area contributed by atoms with Crippen LogP contribution in [0, 0.1) is 11.3 Å². The molecular weight excluding hydrogens is 875 g/mol. The van der Waals surface area contributed by atoms with Crippen LogP contribution in [-0.2, 0) is 0 Å². The van der Waals surface area contributed by atoms with Gasteiger partial charge >= 0.3 is 0 Å². The Kier molecular flexibility index (Phi) is 8.66. The van der Waals surface area contributed by atoms with Crippen LogP contribution in [0.4, 0.5) is 0 Å². The molecule has 0 radical (unpaired) electrons. The predicted molar refractivity (Wildman–Crippen MR) is 299 cm³/mol. The summed E-state index contributed by atoms with van der Waals surface area (Å²) in [6, 6.07) is 92.2. The molecule has 334 valence electrons. The van der Waals surface area contributed by atoms with E-state index in [2.05, 4.69) is 273 Å². The van der Waals surface area contributed by atoms with E-state index in [1.165, 1.54) is 0 Å². The molecule has 5 nitrogen and oxygen atoms in total. The summed E-state index contributed by atoms with van der Waals surface area (Å²) in [7, 11) is 0. The molecule has 0 N–H and O–H groups in total. The molecule has 0 fully saturated rings. The van der Waals surface area contributed by atoms with Gasteiger partial charge in [0.25, 0.3) is 0 Å². The molecule has 0 spiro atoms. The summed E-state index contributed by atoms with van der Waals surface area (Å²) < 4.78 is 9.74. The van der Waals surface area contributed by atoms with E-state index in [0.717, 1.165) is 132 Å². The van der Waals surface area contributed by atoms with Gasteiger partial charge < -0.3 is 18.3 Å². The maximum atomic E-state index is 12.5. The summed E-state index contributed by atoms with van der Waals surface area (Å²) in [6.45, 7) is 0. The Labute approximate surface area is 414 Å². The number of nitriles is 1.